The van der Waals surface area contributed by atoms with Crippen LogP contribution in [0, 0.1) is 5.92 Å². The molecule has 18 heavy (non-hydrogen) atoms. The normalized spacial score (nSPS) is 23.8. The van der Waals surface area contributed by atoms with E-state index < -0.39 is 9.84 Å². The summed E-state index contributed by atoms with van der Waals surface area (Å²) in [4.78, 5) is 4.25. The molecule has 1 saturated heterocycles. The summed E-state index contributed by atoms with van der Waals surface area (Å²) in [5.41, 5.74) is 3.32. The summed E-state index contributed by atoms with van der Waals surface area (Å²) in [7, 11) is -1.39. The van der Waals surface area contributed by atoms with Gasteiger partial charge in [0.15, 0.2) is 9.84 Å². The third kappa shape index (κ3) is 2.63. The zero-order valence-electron chi connectivity index (χ0n) is 10.2. The Morgan fingerprint density at radius 2 is 2.39 bits per heavy atom. The molecule has 1 aromatic rings. The standard InChI is InChI=1S/C11H17N3O3S/c1-17-9-3-2-5-13-11(9)10(14-12)8-4-6-18(15,16)7-8/h2-3,5,8,10,14H,4,6-7,12H2,1H3. The van der Waals surface area contributed by atoms with Crippen molar-refractivity contribution in [2.45, 2.75) is 12.5 Å². The van der Waals surface area contributed by atoms with Gasteiger partial charge in [0.1, 0.15) is 11.4 Å². The van der Waals surface area contributed by atoms with Crippen LogP contribution in [0.15, 0.2) is 18.3 Å². The van der Waals surface area contributed by atoms with E-state index in [0.717, 1.165) is 0 Å². The van der Waals surface area contributed by atoms with E-state index in [4.69, 9.17) is 10.6 Å². The molecule has 1 aliphatic rings. The van der Waals surface area contributed by atoms with Gasteiger partial charge in [-0.15, -0.1) is 0 Å². The number of hydrazine groups is 1. The average molecular weight is 271 g/mol. The maximum Gasteiger partial charge on any atom is 0.150 e. The van der Waals surface area contributed by atoms with Crippen molar-refractivity contribution in [2.24, 2.45) is 11.8 Å². The quantitative estimate of drug-likeness (QED) is 0.592. The first-order chi connectivity index (χ1) is 8.57. The molecule has 3 N–H and O–H groups in total. The van der Waals surface area contributed by atoms with Gasteiger partial charge >= 0.3 is 0 Å². The van der Waals surface area contributed by atoms with Crippen LogP contribution in [0.3, 0.4) is 0 Å². The topological polar surface area (TPSA) is 94.3 Å². The molecule has 1 aromatic heterocycles. The summed E-state index contributed by atoms with van der Waals surface area (Å²) in [6, 6.07) is 3.25. The summed E-state index contributed by atoms with van der Waals surface area (Å²) >= 11 is 0. The number of aromatic nitrogens is 1. The van der Waals surface area contributed by atoms with E-state index >= 15 is 0 Å². The molecule has 2 unspecified atom stereocenters. The summed E-state index contributed by atoms with van der Waals surface area (Å²) in [6.45, 7) is 0. The van der Waals surface area contributed by atoms with Crippen molar-refractivity contribution in [2.75, 3.05) is 18.6 Å². The number of ether oxygens (including phenoxy) is 1. The Bertz CT molecular complexity index is 518. The molecular weight excluding hydrogens is 254 g/mol. The van der Waals surface area contributed by atoms with Crippen molar-refractivity contribution in [3.63, 3.8) is 0 Å². The third-order valence-electron chi connectivity index (χ3n) is 3.23. The lowest BCUT2D eigenvalue weighted by Crippen LogP contribution is -2.35. The molecule has 0 radical (unpaired) electrons. The fourth-order valence-electron chi connectivity index (χ4n) is 2.33. The first-order valence-electron chi connectivity index (χ1n) is 5.73. The highest BCUT2D eigenvalue weighted by atomic mass is 32.2. The Hall–Kier alpha value is -1.18. The number of methoxy groups -OCH3 is 1. The second kappa shape index (κ2) is 5.21. The van der Waals surface area contributed by atoms with Crippen LogP contribution in [0.25, 0.3) is 0 Å². The molecule has 6 nitrogen and oxygen atoms in total. The lowest BCUT2D eigenvalue weighted by Gasteiger charge is -2.22. The third-order valence-corrected chi connectivity index (χ3v) is 5.03. The molecule has 0 saturated carbocycles. The van der Waals surface area contributed by atoms with Gasteiger partial charge in [-0.1, -0.05) is 0 Å². The minimum Gasteiger partial charge on any atom is -0.495 e. The molecule has 7 heteroatoms. The smallest absolute Gasteiger partial charge is 0.150 e. The highest BCUT2D eigenvalue weighted by molar-refractivity contribution is 7.91. The van der Waals surface area contributed by atoms with Crippen molar-refractivity contribution in [1.29, 1.82) is 0 Å². The first-order valence-corrected chi connectivity index (χ1v) is 7.55. The van der Waals surface area contributed by atoms with Gasteiger partial charge in [0.25, 0.3) is 0 Å². The summed E-state index contributed by atoms with van der Waals surface area (Å²) < 4.78 is 28.3. The molecule has 0 spiro atoms. The molecule has 2 heterocycles. The maximum absolute atomic E-state index is 11.5. The number of hydrogen-bond acceptors (Lipinski definition) is 6. The zero-order valence-corrected chi connectivity index (χ0v) is 11.0. The number of rotatable bonds is 4. The molecular formula is C11H17N3O3S. The van der Waals surface area contributed by atoms with Crippen LogP contribution < -0.4 is 16.0 Å². The Balaban J connectivity index is 2.29. The van der Waals surface area contributed by atoms with Gasteiger partial charge in [-0.2, -0.15) is 0 Å². The van der Waals surface area contributed by atoms with Crippen molar-refractivity contribution >= 4 is 9.84 Å². The molecule has 0 aliphatic carbocycles. The maximum atomic E-state index is 11.5. The van der Waals surface area contributed by atoms with Gasteiger partial charge in [0.2, 0.25) is 0 Å². The Morgan fingerprint density at radius 1 is 1.61 bits per heavy atom. The fraction of sp³-hybridized carbons (Fsp3) is 0.545. The second-order valence-corrected chi connectivity index (χ2v) is 6.63. The Kier molecular flexibility index (Phi) is 3.84. The van der Waals surface area contributed by atoms with E-state index in [1.54, 1.807) is 25.4 Å². The van der Waals surface area contributed by atoms with E-state index in [9.17, 15) is 8.42 Å². The van der Waals surface area contributed by atoms with Crippen LogP contribution in [0.2, 0.25) is 0 Å². The first kappa shape index (κ1) is 13.3. The number of nitrogens with one attached hydrogen (secondary N) is 1. The number of nitrogens with zero attached hydrogens (tertiary/aromatic N) is 1. The van der Waals surface area contributed by atoms with Gasteiger partial charge in [-0.3, -0.25) is 16.3 Å². The van der Waals surface area contributed by atoms with Gasteiger partial charge in [-0.25, -0.2) is 8.42 Å². The van der Waals surface area contributed by atoms with Gasteiger partial charge in [0, 0.05) is 6.20 Å². The number of sulfone groups is 1. The van der Waals surface area contributed by atoms with Crippen LogP contribution in [-0.4, -0.2) is 32.0 Å². The number of pyridine rings is 1. The van der Waals surface area contributed by atoms with E-state index in [1.165, 1.54) is 0 Å². The Morgan fingerprint density at radius 3 is 2.94 bits per heavy atom. The van der Waals surface area contributed by atoms with E-state index in [1.807, 2.05) is 0 Å². The van der Waals surface area contributed by atoms with Gasteiger partial charge in [0.05, 0.1) is 24.7 Å². The lowest BCUT2D eigenvalue weighted by molar-refractivity contribution is 0.356. The molecule has 2 rings (SSSR count). The molecule has 2 atom stereocenters. The monoisotopic (exact) mass is 271 g/mol. The van der Waals surface area contributed by atoms with Crippen LogP contribution in [0.4, 0.5) is 0 Å². The minimum absolute atomic E-state index is 0.0659. The molecule has 0 bridgehead atoms. The van der Waals surface area contributed by atoms with Crippen molar-refractivity contribution in [1.82, 2.24) is 10.4 Å². The van der Waals surface area contributed by atoms with E-state index in [2.05, 4.69) is 10.4 Å². The van der Waals surface area contributed by atoms with Crippen LogP contribution in [0.1, 0.15) is 18.2 Å². The Labute approximate surface area is 106 Å². The second-order valence-electron chi connectivity index (χ2n) is 4.40. The van der Waals surface area contributed by atoms with Gasteiger partial charge in [-0.05, 0) is 24.5 Å². The molecule has 1 aliphatic heterocycles. The SMILES string of the molecule is COc1cccnc1C(NN)C1CCS(=O)(=O)C1. The summed E-state index contributed by atoms with van der Waals surface area (Å²) in [6.07, 6.45) is 2.24. The molecule has 0 aromatic carbocycles. The number of nitrogens with two attached hydrogens (primary N) is 1. The highest BCUT2D eigenvalue weighted by Crippen LogP contribution is 2.33. The van der Waals surface area contributed by atoms with Crippen molar-refractivity contribution in [3.05, 3.63) is 24.0 Å². The van der Waals surface area contributed by atoms with Crippen LogP contribution >= 0.6 is 0 Å². The zero-order chi connectivity index (χ0) is 13.2. The number of hydrogen-bond donors (Lipinski definition) is 2. The molecule has 1 fully saturated rings. The lowest BCUT2D eigenvalue weighted by atomic mass is 9.96. The van der Waals surface area contributed by atoms with E-state index in [-0.39, 0.29) is 23.5 Å². The van der Waals surface area contributed by atoms with Crippen molar-refractivity contribution < 1.29 is 13.2 Å². The van der Waals surface area contributed by atoms with Crippen LogP contribution in [0.5, 0.6) is 5.75 Å². The highest BCUT2D eigenvalue weighted by Gasteiger charge is 2.35. The minimum atomic E-state index is -2.94. The van der Waals surface area contributed by atoms with E-state index in [0.29, 0.717) is 17.9 Å². The fourth-order valence-corrected chi connectivity index (χ4v) is 4.17. The largest absolute Gasteiger partial charge is 0.495 e. The van der Waals surface area contributed by atoms with Crippen LogP contribution in [-0.2, 0) is 9.84 Å². The summed E-state index contributed by atoms with van der Waals surface area (Å²) in [5, 5.41) is 0. The predicted octanol–water partition coefficient (Wildman–Crippen LogP) is 0.0293. The predicted molar refractivity (Wildman–Crippen MR) is 67.6 cm³/mol. The summed E-state index contributed by atoms with van der Waals surface area (Å²) in [5.74, 6) is 6.46. The molecule has 100 valence electrons. The average Bonchev–Trinajstić information content (AvgIpc) is 2.71. The van der Waals surface area contributed by atoms with Gasteiger partial charge < -0.3 is 4.74 Å². The van der Waals surface area contributed by atoms with Crippen molar-refractivity contribution in [3.8, 4) is 5.75 Å². The molecule has 0 amide bonds.